The lowest BCUT2D eigenvalue weighted by molar-refractivity contribution is 0.384. The maximum atomic E-state index is 12.6. The molecule has 0 saturated carbocycles. The van der Waals surface area contributed by atoms with Gasteiger partial charge in [-0.15, -0.1) is 21.5 Å². The van der Waals surface area contributed by atoms with Crippen molar-refractivity contribution in [3.05, 3.63) is 29.1 Å². The number of hydrogen-bond acceptors (Lipinski definition) is 7. The quantitative estimate of drug-likeness (QED) is 0.814. The number of sulfonamides is 1. The van der Waals surface area contributed by atoms with Gasteiger partial charge in [0.15, 0.2) is 11.6 Å². The van der Waals surface area contributed by atoms with Crippen molar-refractivity contribution in [1.82, 2.24) is 14.5 Å². The highest BCUT2D eigenvalue weighted by atomic mass is 32.2. The summed E-state index contributed by atoms with van der Waals surface area (Å²) in [5, 5.41) is 8.42. The molecule has 2 aromatic heterocycles. The van der Waals surface area contributed by atoms with Gasteiger partial charge in [0.1, 0.15) is 4.21 Å². The second-order valence-corrected chi connectivity index (χ2v) is 9.35. The van der Waals surface area contributed by atoms with Crippen LogP contribution in [0.15, 0.2) is 28.5 Å². The van der Waals surface area contributed by atoms with Gasteiger partial charge in [0, 0.05) is 45.2 Å². The standard InChI is InChI=1S/C15H21N5O2S2/c1-12-4-7-15(23-12)24(21,22)20-10-8-19(9-11-20)14-6-5-13(16-17-14)18(2)3/h4-7H,8-11H2,1-3H3. The predicted molar refractivity (Wildman–Crippen MR) is 96.4 cm³/mol. The number of anilines is 2. The van der Waals surface area contributed by atoms with Gasteiger partial charge in [-0.1, -0.05) is 0 Å². The molecule has 130 valence electrons. The van der Waals surface area contributed by atoms with Gasteiger partial charge < -0.3 is 9.80 Å². The third-order valence-electron chi connectivity index (χ3n) is 3.97. The first kappa shape index (κ1) is 17.1. The Kier molecular flexibility index (Phi) is 4.75. The Morgan fingerprint density at radius 1 is 1.04 bits per heavy atom. The maximum absolute atomic E-state index is 12.6. The Morgan fingerprint density at radius 2 is 1.75 bits per heavy atom. The molecule has 0 radical (unpaired) electrons. The summed E-state index contributed by atoms with van der Waals surface area (Å²) in [4.78, 5) is 4.96. The molecule has 2 aromatic rings. The van der Waals surface area contributed by atoms with Gasteiger partial charge in [-0.25, -0.2) is 8.42 Å². The van der Waals surface area contributed by atoms with Crippen molar-refractivity contribution in [3.8, 4) is 0 Å². The molecule has 1 aliphatic rings. The maximum Gasteiger partial charge on any atom is 0.252 e. The number of aromatic nitrogens is 2. The highest BCUT2D eigenvalue weighted by molar-refractivity contribution is 7.91. The average molecular weight is 368 g/mol. The van der Waals surface area contributed by atoms with Gasteiger partial charge in [0.2, 0.25) is 0 Å². The molecule has 3 heterocycles. The van der Waals surface area contributed by atoms with Crippen LogP contribution >= 0.6 is 11.3 Å². The zero-order valence-corrected chi connectivity index (χ0v) is 15.6. The van der Waals surface area contributed by atoms with E-state index in [0.717, 1.165) is 16.5 Å². The summed E-state index contributed by atoms with van der Waals surface area (Å²) >= 11 is 1.32. The van der Waals surface area contributed by atoms with E-state index in [2.05, 4.69) is 15.1 Å². The first-order chi connectivity index (χ1) is 11.4. The highest BCUT2D eigenvalue weighted by Gasteiger charge is 2.30. The van der Waals surface area contributed by atoms with Crippen LogP contribution in [0, 0.1) is 6.92 Å². The molecular formula is C15H21N5O2S2. The lowest BCUT2D eigenvalue weighted by Gasteiger charge is -2.34. The number of nitrogens with zero attached hydrogens (tertiary/aromatic N) is 5. The summed E-state index contributed by atoms with van der Waals surface area (Å²) in [6.45, 7) is 4.05. The summed E-state index contributed by atoms with van der Waals surface area (Å²) in [7, 11) is 0.450. The molecule has 1 aliphatic heterocycles. The van der Waals surface area contributed by atoms with Crippen LogP contribution < -0.4 is 9.80 Å². The van der Waals surface area contributed by atoms with Crippen molar-refractivity contribution in [2.75, 3.05) is 50.1 Å². The second-order valence-electron chi connectivity index (χ2n) is 5.90. The Hall–Kier alpha value is -1.71. The van der Waals surface area contributed by atoms with Gasteiger partial charge in [-0.05, 0) is 31.2 Å². The predicted octanol–water partition coefficient (Wildman–Crippen LogP) is 1.42. The van der Waals surface area contributed by atoms with E-state index in [1.165, 1.54) is 11.3 Å². The minimum atomic E-state index is -3.38. The summed E-state index contributed by atoms with van der Waals surface area (Å²) in [6, 6.07) is 7.37. The molecule has 1 saturated heterocycles. The van der Waals surface area contributed by atoms with Gasteiger partial charge in [-0.2, -0.15) is 4.31 Å². The van der Waals surface area contributed by atoms with Gasteiger partial charge in [0.05, 0.1) is 0 Å². The fourth-order valence-corrected chi connectivity index (χ4v) is 5.42. The van der Waals surface area contributed by atoms with Crippen molar-refractivity contribution in [3.63, 3.8) is 0 Å². The molecule has 0 unspecified atom stereocenters. The van der Waals surface area contributed by atoms with Crippen molar-refractivity contribution < 1.29 is 8.42 Å². The van der Waals surface area contributed by atoms with E-state index in [1.54, 1.807) is 10.4 Å². The zero-order chi connectivity index (χ0) is 17.3. The van der Waals surface area contributed by atoms with Gasteiger partial charge in [-0.3, -0.25) is 0 Å². The van der Waals surface area contributed by atoms with Crippen LogP contribution in [0.3, 0.4) is 0 Å². The normalized spacial score (nSPS) is 16.4. The molecule has 7 nitrogen and oxygen atoms in total. The Balaban J connectivity index is 1.67. The number of thiophene rings is 1. The summed E-state index contributed by atoms with van der Waals surface area (Å²) in [5.41, 5.74) is 0. The van der Waals surface area contributed by atoms with Crippen LogP contribution in [-0.4, -0.2) is 63.2 Å². The van der Waals surface area contributed by atoms with Crippen molar-refractivity contribution >= 4 is 33.0 Å². The van der Waals surface area contributed by atoms with E-state index < -0.39 is 10.0 Å². The van der Waals surface area contributed by atoms with Gasteiger partial charge >= 0.3 is 0 Å². The topological polar surface area (TPSA) is 69.6 Å². The molecule has 0 amide bonds. The zero-order valence-electron chi connectivity index (χ0n) is 14.0. The number of piperazine rings is 1. The molecule has 24 heavy (non-hydrogen) atoms. The first-order valence-electron chi connectivity index (χ1n) is 7.70. The van der Waals surface area contributed by atoms with Crippen LogP contribution in [0.25, 0.3) is 0 Å². The summed E-state index contributed by atoms with van der Waals surface area (Å²) in [6.07, 6.45) is 0. The van der Waals surface area contributed by atoms with Crippen LogP contribution in [0.5, 0.6) is 0 Å². The summed E-state index contributed by atoms with van der Waals surface area (Å²) < 4.78 is 27.3. The van der Waals surface area contributed by atoms with Crippen LogP contribution in [0.4, 0.5) is 11.6 Å². The van der Waals surface area contributed by atoms with E-state index in [1.807, 2.05) is 44.1 Å². The van der Waals surface area contributed by atoms with Crippen molar-refractivity contribution in [2.24, 2.45) is 0 Å². The molecule has 0 aliphatic carbocycles. The molecule has 0 aromatic carbocycles. The molecule has 0 bridgehead atoms. The Bertz CT molecular complexity index is 794. The first-order valence-corrected chi connectivity index (χ1v) is 9.96. The number of rotatable bonds is 4. The molecule has 0 N–H and O–H groups in total. The third kappa shape index (κ3) is 3.38. The second kappa shape index (κ2) is 6.66. The van der Waals surface area contributed by atoms with Crippen LogP contribution in [0.1, 0.15) is 4.88 Å². The molecule has 0 spiro atoms. The van der Waals surface area contributed by atoms with E-state index in [-0.39, 0.29) is 0 Å². The van der Waals surface area contributed by atoms with E-state index in [9.17, 15) is 8.42 Å². The molecule has 3 rings (SSSR count). The Labute approximate surface area is 146 Å². The van der Waals surface area contributed by atoms with Crippen LogP contribution in [0.2, 0.25) is 0 Å². The van der Waals surface area contributed by atoms with E-state index in [0.29, 0.717) is 30.4 Å². The van der Waals surface area contributed by atoms with E-state index >= 15 is 0 Å². The molecule has 1 fully saturated rings. The molecule has 0 atom stereocenters. The summed E-state index contributed by atoms with van der Waals surface area (Å²) in [5.74, 6) is 1.58. The lowest BCUT2D eigenvalue weighted by atomic mass is 10.3. The van der Waals surface area contributed by atoms with E-state index in [4.69, 9.17) is 0 Å². The fourth-order valence-electron chi connectivity index (χ4n) is 2.56. The van der Waals surface area contributed by atoms with Gasteiger partial charge in [0.25, 0.3) is 10.0 Å². The average Bonchev–Trinajstić information content (AvgIpc) is 3.02. The lowest BCUT2D eigenvalue weighted by Crippen LogP contribution is -2.48. The largest absolute Gasteiger partial charge is 0.361 e. The smallest absolute Gasteiger partial charge is 0.252 e. The molecule has 9 heteroatoms. The number of hydrogen-bond donors (Lipinski definition) is 0. The monoisotopic (exact) mass is 367 g/mol. The third-order valence-corrected chi connectivity index (χ3v) is 7.33. The minimum absolute atomic E-state index is 0.420. The van der Waals surface area contributed by atoms with Crippen LogP contribution in [-0.2, 0) is 10.0 Å². The Morgan fingerprint density at radius 3 is 2.25 bits per heavy atom. The fraction of sp³-hybridized carbons (Fsp3) is 0.467. The number of aryl methyl sites for hydroxylation is 1. The minimum Gasteiger partial charge on any atom is -0.361 e. The van der Waals surface area contributed by atoms with Crippen molar-refractivity contribution in [1.29, 1.82) is 0 Å². The SMILES string of the molecule is Cc1ccc(S(=O)(=O)N2CCN(c3ccc(N(C)C)nn3)CC2)s1. The molecular weight excluding hydrogens is 346 g/mol. The highest BCUT2D eigenvalue weighted by Crippen LogP contribution is 2.25. The van der Waals surface area contributed by atoms with Crippen molar-refractivity contribution in [2.45, 2.75) is 11.1 Å².